The highest BCUT2D eigenvalue weighted by Crippen LogP contribution is 2.23. The zero-order valence-corrected chi connectivity index (χ0v) is 24.8. The number of anilines is 1. The number of benzene rings is 3. The third-order valence-corrected chi connectivity index (χ3v) is 8.78. The molecule has 0 saturated heterocycles. The molecule has 1 N–H and O–H groups in total. The van der Waals surface area contributed by atoms with Gasteiger partial charge in [0, 0.05) is 38.0 Å². The molecule has 230 valence electrons. The molecule has 0 aliphatic heterocycles. The van der Waals surface area contributed by atoms with Crippen molar-refractivity contribution in [2.75, 3.05) is 17.1 Å². The van der Waals surface area contributed by atoms with Crippen molar-refractivity contribution in [3.05, 3.63) is 101 Å². The van der Waals surface area contributed by atoms with Gasteiger partial charge < -0.3 is 10.2 Å². The van der Waals surface area contributed by atoms with Gasteiger partial charge in [0.1, 0.15) is 11.9 Å². The number of rotatable bonds is 13. The summed E-state index contributed by atoms with van der Waals surface area (Å²) >= 11 is 0. The molecule has 1 aliphatic rings. The van der Waals surface area contributed by atoms with Gasteiger partial charge in [-0.25, -0.2) is 21.6 Å². The second-order valence-corrected chi connectivity index (χ2v) is 12.8. The molecule has 0 radical (unpaired) electrons. The van der Waals surface area contributed by atoms with Crippen LogP contribution >= 0.6 is 0 Å². The summed E-state index contributed by atoms with van der Waals surface area (Å²) in [6.07, 6.45) is 4.87. The Morgan fingerprint density at radius 3 is 2.21 bits per heavy atom. The number of hydrogen-bond acceptors (Lipinski definition) is 4. The van der Waals surface area contributed by atoms with Gasteiger partial charge in [-0.15, -0.1) is 0 Å². The highest BCUT2D eigenvalue weighted by Gasteiger charge is 2.32. The smallest absolute Gasteiger partial charge is 0.243 e. The van der Waals surface area contributed by atoms with Crippen molar-refractivity contribution in [3.63, 3.8) is 0 Å². The molecule has 0 aromatic heterocycles. The lowest BCUT2D eigenvalue weighted by Crippen LogP contribution is -2.52. The topological polar surface area (TPSA) is 86.8 Å². The zero-order valence-electron chi connectivity index (χ0n) is 24.0. The minimum atomic E-state index is -3.88. The van der Waals surface area contributed by atoms with Crippen LogP contribution in [0.15, 0.2) is 72.8 Å². The second kappa shape index (κ2) is 14.5. The van der Waals surface area contributed by atoms with Crippen LogP contribution < -0.4 is 9.62 Å². The lowest BCUT2D eigenvalue weighted by atomic mass is 10.0. The van der Waals surface area contributed by atoms with Crippen LogP contribution in [0, 0.1) is 17.5 Å². The zero-order chi connectivity index (χ0) is 31.0. The quantitative estimate of drug-likeness (QED) is 0.281. The first-order chi connectivity index (χ1) is 20.5. The van der Waals surface area contributed by atoms with Gasteiger partial charge in [-0.3, -0.25) is 13.9 Å². The predicted molar refractivity (Wildman–Crippen MR) is 159 cm³/mol. The molecule has 3 aromatic rings. The standard InChI is InChI=1S/C32H36F3N3O4S/c1-43(41,42)38(27-17-18-28(34)29(35)21-27)19-7-12-31(39)37(22-24-13-15-25(33)16-14-24)30(20-23-8-3-2-4-9-23)32(40)36-26-10-5-6-11-26/h2-4,8-9,13-18,21,26,30H,5-7,10-12,19-20,22H2,1H3,(H,36,40)/t30-/m0/s1. The molecule has 1 fully saturated rings. The largest absolute Gasteiger partial charge is 0.352 e. The Morgan fingerprint density at radius 1 is 0.907 bits per heavy atom. The average molecular weight is 616 g/mol. The summed E-state index contributed by atoms with van der Waals surface area (Å²) < 4.78 is 67.0. The van der Waals surface area contributed by atoms with Crippen LogP contribution in [-0.2, 0) is 32.6 Å². The Morgan fingerprint density at radius 2 is 1.58 bits per heavy atom. The SMILES string of the molecule is CS(=O)(=O)N(CCCC(=O)N(Cc1ccc(F)cc1)[C@@H](Cc1ccccc1)C(=O)NC1CCCC1)c1ccc(F)c(F)c1. The fraction of sp³-hybridized carbons (Fsp3) is 0.375. The van der Waals surface area contributed by atoms with E-state index in [2.05, 4.69) is 5.32 Å². The second-order valence-electron chi connectivity index (χ2n) is 10.9. The summed E-state index contributed by atoms with van der Waals surface area (Å²) in [5, 5.41) is 3.11. The van der Waals surface area contributed by atoms with Crippen LogP contribution in [-0.4, -0.2) is 50.0 Å². The highest BCUT2D eigenvalue weighted by atomic mass is 32.2. The maximum Gasteiger partial charge on any atom is 0.243 e. The van der Waals surface area contributed by atoms with E-state index < -0.39 is 39.4 Å². The first-order valence-electron chi connectivity index (χ1n) is 14.3. The van der Waals surface area contributed by atoms with E-state index in [9.17, 15) is 31.2 Å². The monoisotopic (exact) mass is 615 g/mol. The Kier molecular flexibility index (Phi) is 10.8. The number of amides is 2. The van der Waals surface area contributed by atoms with Gasteiger partial charge in [-0.2, -0.15) is 0 Å². The fourth-order valence-corrected chi connectivity index (χ4v) is 6.31. The molecule has 43 heavy (non-hydrogen) atoms. The Labute approximate surface area is 250 Å². The average Bonchev–Trinajstić information content (AvgIpc) is 3.48. The van der Waals surface area contributed by atoms with E-state index in [-0.39, 0.29) is 50.0 Å². The molecule has 4 rings (SSSR count). The third kappa shape index (κ3) is 9.06. The van der Waals surface area contributed by atoms with Crippen LogP contribution in [0.1, 0.15) is 49.7 Å². The Bertz CT molecular complexity index is 1500. The molecule has 2 amide bonds. The predicted octanol–water partition coefficient (Wildman–Crippen LogP) is 5.35. The summed E-state index contributed by atoms with van der Waals surface area (Å²) in [4.78, 5) is 29.0. The van der Waals surface area contributed by atoms with Gasteiger partial charge in [0.05, 0.1) is 11.9 Å². The van der Waals surface area contributed by atoms with Crippen molar-refractivity contribution in [3.8, 4) is 0 Å². The van der Waals surface area contributed by atoms with Crippen LogP contribution in [0.3, 0.4) is 0 Å². The number of sulfonamides is 1. The number of carbonyl (C=O) groups excluding carboxylic acids is 2. The summed E-state index contributed by atoms with van der Waals surface area (Å²) in [7, 11) is -3.88. The van der Waals surface area contributed by atoms with Crippen molar-refractivity contribution in [1.82, 2.24) is 10.2 Å². The van der Waals surface area contributed by atoms with E-state index in [0.717, 1.165) is 60.0 Å². The van der Waals surface area contributed by atoms with E-state index in [1.165, 1.54) is 17.0 Å². The molecule has 1 atom stereocenters. The van der Waals surface area contributed by atoms with Crippen molar-refractivity contribution < 1.29 is 31.2 Å². The molecule has 7 nitrogen and oxygen atoms in total. The van der Waals surface area contributed by atoms with Gasteiger partial charge >= 0.3 is 0 Å². The molecule has 3 aromatic carbocycles. The first kappa shape index (κ1) is 32.1. The summed E-state index contributed by atoms with van der Waals surface area (Å²) in [5.74, 6) is -3.41. The van der Waals surface area contributed by atoms with Crippen molar-refractivity contribution in [2.24, 2.45) is 0 Å². The summed E-state index contributed by atoms with van der Waals surface area (Å²) in [6.45, 7) is -0.134. The maximum absolute atomic E-state index is 13.9. The first-order valence-corrected chi connectivity index (χ1v) is 16.2. The molecule has 0 spiro atoms. The van der Waals surface area contributed by atoms with E-state index >= 15 is 0 Å². The van der Waals surface area contributed by atoms with Gasteiger partial charge in [0.15, 0.2) is 11.6 Å². The van der Waals surface area contributed by atoms with Gasteiger partial charge in [-0.1, -0.05) is 55.3 Å². The number of halogens is 3. The van der Waals surface area contributed by atoms with Crippen molar-refractivity contribution in [1.29, 1.82) is 0 Å². The normalized spacial score (nSPS) is 14.3. The van der Waals surface area contributed by atoms with E-state index in [0.29, 0.717) is 5.56 Å². The van der Waals surface area contributed by atoms with Gasteiger partial charge in [0.2, 0.25) is 21.8 Å². The molecular weight excluding hydrogens is 579 g/mol. The maximum atomic E-state index is 13.9. The highest BCUT2D eigenvalue weighted by molar-refractivity contribution is 7.92. The van der Waals surface area contributed by atoms with Gasteiger partial charge in [0.25, 0.3) is 0 Å². The fourth-order valence-electron chi connectivity index (χ4n) is 5.35. The minimum absolute atomic E-state index is 0.0213. The van der Waals surface area contributed by atoms with Crippen molar-refractivity contribution in [2.45, 2.75) is 63.6 Å². The molecule has 11 heteroatoms. The van der Waals surface area contributed by atoms with Gasteiger partial charge in [-0.05, 0) is 54.7 Å². The van der Waals surface area contributed by atoms with Crippen molar-refractivity contribution >= 4 is 27.5 Å². The van der Waals surface area contributed by atoms with E-state index in [1.54, 1.807) is 12.1 Å². The molecular formula is C32H36F3N3O4S. The summed E-state index contributed by atoms with van der Waals surface area (Å²) in [6, 6.07) is 16.9. The lowest BCUT2D eigenvalue weighted by Gasteiger charge is -2.33. The lowest BCUT2D eigenvalue weighted by molar-refractivity contribution is -0.141. The number of hydrogen-bond donors (Lipinski definition) is 1. The Hall–Kier alpha value is -3.86. The van der Waals surface area contributed by atoms with Crippen LogP contribution in [0.4, 0.5) is 18.9 Å². The molecule has 0 unspecified atom stereocenters. The van der Waals surface area contributed by atoms with Crippen LogP contribution in [0.2, 0.25) is 0 Å². The molecule has 1 saturated carbocycles. The van der Waals surface area contributed by atoms with Crippen LogP contribution in [0.5, 0.6) is 0 Å². The van der Waals surface area contributed by atoms with E-state index in [4.69, 9.17) is 0 Å². The van der Waals surface area contributed by atoms with Crippen LogP contribution in [0.25, 0.3) is 0 Å². The molecule has 0 heterocycles. The molecule has 1 aliphatic carbocycles. The van der Waals surface area contributed by atoms with E-state index in [1.807, 2.05) is 30.3 Å². The minimum Gasteiger partial charge on any atom is -0.352 e. The summed E-state index contributed by atoms with van der Waals surface area (Å²) in [5.41, 5.74) is 1.42. The number of nitrogens with one attached hydrogen (secondary N) is 1. The molecule has 0 bridgehead atoms. The number of carbonyl (C=O) groups is 2. The third-order valence-electron chi connectivity index (χ3n) is 7.58. The Balaban J connectivity index is 1.58. The number of nitrogens with zero attached hydrogens (tertiary/aromatic N) is 2.